The number of ether oxygens (including phenoxy) is 2. The van der Waals surface area contributed by atoms with Crippen LogP contribution in [0.2, 0.25) is 0 Å². The van der Waals surface area contributed by atoms with Crippen LogP contribution in [0.5, 0.6) is 5.06 Å². The lowest BCUT2D eigenvalue weighted by molar-refractivity contribution is 0.0225. The molecule has 6 nitrogen and oxygen atoms in total. The first kappa shape index (κ1) is 14.6. The predicted molar refractivity (Wildman–Crippen MR) is 73.3 cm³/mol. The van der Waals surface area contributed by atoms with Gasteiger partial charge < -0.3 is 19.5 Å². The fraction of sp³-hybridized carbons (Fsp3) is 0.538. The standard InChI is InChI=1S/C13H17NO5S/c1-13(2,3)19-11(15)14-5-4-9-8(7-14)6-10(20-9)18-12(16)17/h6H,4-5,7H2,1-3H3,(H,16,17). The fourth-order valence-electron chi connectivity index (χ4n) is 1.92. The summed E-state index contributed by atoms with van der Waals surface area (Å²) in [5, 5.41) is 8.94. The number of carboxylic acid groups (broad SMARTS) is 1. The molecule has 2 rings (SSSR count). The maximum absolute atomic E-state index is 12.0. The predicted octanol–water partition coefficient (Wildman–Crippen LogP) is 3.10. The highest BCUT2D eigenvalue weighted by Crippen LogP contribution is 2.33. The van der Waals surface area contributed by atoms with Gasteiger partial charge in [0.1, 0.15) is 5.60 Å². The average Bonchev–Trinajstić information content (AvgIpc) is 2.66. The van der Waals surface area contributed by atoms with Gasteiger partial charge in [0.05, 0.1) is 6.54 Å². The van der Waals surface area contributed by atoms with Crippen molar-refractivity contribution >= 4 is 23.6 Å². The molecular formula is C13H17NO5S. The number of hydrogen-bond donors (Lipinski definition) is 1. The SMILES string of the molecule is CC(C)(C)OC(=O)N1CCc2sc(OC(=O)O)cc2C1. The summed E-state index contributed by atoms with van der Waals surface area (Å²) in [5.41, 5.74) is 0.396. The molecule has 1 aliphatic heterocycles. The summed E-state index contributed by atoms with van der Waals surface area (Å²) in [6.45, 7) is 6.45. The first-order chi connectivity index (χ1) is 9.24. The van der Waals surface area contributed by atoms with Crippen LogP contribution in [-0.2, 0) is 17.7 Å². The van der Waals surface area contributed by atoms with E-state index in [1.807, 2.05) is 20.8 Å². The molecule has 1 N–H and O–H groups in total. The quantitative estimate of drug-likeness (QED) is 0.806. The number of nitrogens with zero attached hydrogens (tertiary/aromatic N) is 1. The first-order valence-electron chi connectivity index (χ1n) is 6.25. The molecule has 1 aromatic rings. The van der Waals surface area contributed by atoms with Crippen molar-refractivity contribution in [1.82, 2.24) is 4.90 Å². The Labute approximate surface area is 120 Å². The number of thiophene rings is 1. The van der Waals surface area contributed by atoms with Crippen molar-refractivity contribution < 1.29 is 24.2 Å². The molecule has 0 atom stereocenters. The zero-order valence-corrected chi connectivity index (χ0v) is 12.5. The van der Waals surface area contributed by atoms with E-state index in [0.29, 0.717) is 24.6 Å². The average molecular weight is 299 g/mol. The fourth-order valence-corrected chi connectivity index (χ4v) is 2.93. The second-order valence-electron chi connectivity index (χ2n) is 5.53. The van der Waals surface area contributed by atoms with Gasteiger partial charge in [-0.1, -0.05) is 0 Å². The Kier molecular flexibility index (Phi) is 3.89. The third-order valence-electron chi connectivity index (χ3n) is 2.68. The Balaban J connectivity index is 2.05. The molecule has 0 saturated carbocycles. The number of fused-ring (bicyclic) bond motifs is 1. The number of carbonyl (C=O) groups is 2. The van der Waals surface area contributed by atoms with E-state index in [1.165, 1.54) is 11.3 Å². The van der Waals surface area contributed by atoms with E-state index in [1.54, 1.807) is 11.0 Å². The molecule has 0 radical (unpaired) electrons. The van der Waals surface area contributed by atoms with Crippen LogP contribution < -0.4 is 4.74 Å². The molecule has 0 bridgehead atoms. The highest BCUT2D eigenvalue weighted by Gasteiger charge is 2.27. The van der Waals surface area contributed by atoms with E-state index in [0.717, 1.165) is 10.4 Å². The maximum Gasteiger partial charge on any atom is 0.512 e. The van der Waals surface area contributed by atoms with Gasteiger partial charge in [-0.05, 0) is 32.4 Å². The minimum atomic E-state index is -1.33. The Morgan fingerprint density at radius 1 is 1.40 bits per heavy atom. The molecule has 7 heteroatoms. The van der Waals surface area contributed by atoms with Crippen LogP contribution in [0.3, 0.4) is 0 Å². The van der Waals surface area contributed by atoms with E-state index < -0.39 is 11.8 Å². The number of amides is 1. The Morgan fingerprint density at radius 2 is 2.10 bits per heavy atom. The van der Waals surface area contributed by atoms with E-state index in [2.05, 4.69) is 4.74 Å². The first-order valence-corrected chi connectivity index (χ1v) is 7.06. The van der Waals surface area contributed by atoms with Crippen molar-refractivity contribution in [2.24, 2.45) is 0 Å². The van der Waals surface area contributed by atoms with Crippen molar-refractivity contribution in [3.05, 3.63) is 16.5 Å². The minimum Gasteiger partial charge on any atom is -0.449 e. The largest absolute Gasteiger partial charge is 0.512 e. The Bertz CT molecular complexity index is 531. The summed E-state index contributed by atoms with van der Waals surface area (Å²) in [5.74, 6) is 0. The van der Waals surface area contributed by atoms with Crippen LogP contribution in [0.25, 0.3) is 0 Å². The minimum absolute atomic E-state index is 0.341. The molecule has 1 aliphatic rings. The van der Waals surface area contributed by atoms with E-state index in [-0.39, 0.29) is 6.09 Å². The van der Waals surface area contributed by atoms with Crippen LogP contribution in [-0.4, -0.2) is 34.4 Å². The summed E-state index contributed by atoms with van der Waals surface area (Å²) in [6, 6.07) is 1.67. The van der Waals surface area contributed by atoms with E-state index in [9.17, 15) is 9.59 Å². The summed E-state index contributed by atoms with van der Waals surface area (Å²) in [7, 11) is 0. The van der Waals surface area contributed by atoms with E-state index >= 15 is 0 Å². The number of hydrogen-bond acceptors (Lipinski definition) is 5. The lowest BCUT2D eigenvalue weighted by atomic mass is 10.1. The molecule has 20 heavy (non-hydrogen) atoms. The molecular weight excluding hydrogens is 282 g/mol. The van der Waals surface area contributed by atoms with Crippen molar-refractivity contribution in [1.29, 1.82) is 0 Å². The third-order valence-corrected chi connectivity index (χ3v) is 3.80. The lowest BCUT2D eigenvalue weighted by Crippen LogP contribution is -2.39. The molecule has 1 aromatic heterocycles. The molecule has 0 aliphatic carbocycles. The van der Waals surface area contributed by atoms with Gasteiger partial charge in [-0.2, -0.15) is 0 Å². The van der Waals surface area contributed by atoms with Crippen LogP contribution >= 0.6 is 11.3 Å². The van der Waals surface area contributed by atoms with Crippen molar-refractivity contribution in [3.8, 4) is 5.06 Å². The van der Waals surface area contributed by atoms with E-state index in [4.69, 9.17) is 9.84 Å². The van der Waals surface area contributed by atoms with Gasteiger partial charge in [0.15, 0.2) is 5.06 Å². The molecule has 1 amide bonds. The summed E-state index contributed by atoms with van der Waals surface area (Å²) in [6.07, 6.45) is -0.995. The molecule has 0 aromatic carbocycles. The van der Waals surface area contributed by atoms with Gasteiger partial charge in [0, 0.05) is 17.8 Å². The number of carbonyl (C=O) groups excluding carboxylic acids is 1. The van der Waals surface area contributed by atoms with Crippen LogP contribution in [0, 0.1) is 0 Å². The van der Waals surface area contributed by atoms with Crippen molar-refractivity contribution in [3.63, 3.8) is 0 Å². The molecule has 0 unspecified atom stereocenters. The lowest BCUT2D eigenvalue weighted by Gasteiger charge is -2.29. The molecule has 110 valence electrons. The molecule has 0 spiro atoms. The van der Waals surface area contributed by atoms with Gasteiger partial charge in [-0.3, -0.25) is 0 Å². The summed E-state index contributed by atoms with van der Waals surface area (Å²) in [4.78, 5) is 25.2. The highest BCUT2D eigenvalue weighted by atomic mass is 32.1. The number of rotatable bonds is 1. The summed E-state index contributed by atoms with van der Waals surface area (Å²) >= 11 is 1.31. The normalized spacial score (nSPS) is 14.7. The zero-order valence-electron chi connectivity index (χ0n) is 11.6. The van der Waals surface area contributed by atoms with Gasteiger partial charge in [-0.15, -0.1) is 11.3 Å². The second-order valence-corrected chi connectivity index (χ2v) is 6.63. The smallest absolute Gasteiger partial charge is 0.449 e. The highest BCUT2D eigenvalue weighted by molar-refractivity contribution is 7.14. The second kappa shape index (κ2) is 5.32. The Morgan fingerprint density at radius 3 is 2.70 bits per heavy atom. The van der Waals surface area contributed by atoms with Crippen LogP contribution in [0.4, 0.5) is 9.59 Å². The molecule has 2 heterocycles. The monoisotopic (exact) mass is 299 g/mol. The molecule has 0 saturated heterocycles. The van der Waals surface area contributed by atoms with Crippen LogP contribution in [0.15, 0.2) is 6.07 Å². The zero-order chi connectivity index (χ0) is 14.9. The Hall–Kier alpha value is -1.76. The summed E-state index contributed by atoms with van der Waals surface area (Å²) < 4.78 is 9.97. The van der Waals surface area contributed by atoms with Gasteiger partial charge in [-0.25, -0.2) is 9.59 Å². The third kappa shape index (κ3) is 3.63. The van der Waals surface area contributed by atoms with Gasteiger partial charge in [0.25, 0.3) is 0 Å². The van der Waals surface area contributed by atoms with Gasteiger partial charge >= 0.3 is 12.2 Å². The van der Waals surface area contributed by atoms with Crippen molar-refractivity contribution in [2.45, 2.75) is 39.3 Å². The maximum atomic E-state index is 12.0. The van der Waals surface area contributed by atoms with Crippen LogP contribution in [0.1, 0.15) is 31.2 Å². The van der Waals surface area contributed by atoms with Gasteiger partial charge in [0.2, 0.25) is 0 Å². The molecule has 0 fully saturated rings. The van der Waals surface area contributed by atoms with Crippen molar-refractivity contribution in [2.75, 3.05) is 6.54 Å². The topological polar surface area (TPSA) is 76.1 Å².